The van der Waals surface area contributed by atoms with E-state index in [-0.39, 0.29) is 24.1 Å². The summed E-state index contributed by atoms with van der Waals surface area (Å²) in [4.78, 5) is 15.1. The Morgan fingerprint density at radius 2 is 2.21 bits per heavy atom. The molecule has 0 spiro atoms. The van der Waals surface area contributed by atoms with Crippen molar-refractivity contribution in [2.75, 3.05) is 25.9 Å². The fraction of sp³-hybridized carbons (Fsp3) is 0.556. The van der Waals surface area contributed by atoms with E-state index in [9.17, 15) is 17.6 Å². The van der Waals surface area contributed by atoms with Gasteiger partial charge in [-0.3, -0.25) is 4.79 Å². The van der Waals surface area contributed by atoms with E-state index in [2.05, 4.69) is 20.2 Å². The molecule has 1 aromatic heterocycles. The molecule has 1 fully saturated rings. The molecule has 0 aliphatic carbocycles. The quantitative estimate of drug-likeness (QED) is 0.700. The van der Waals surface area contributed by atoms with E-state index < -0.39 is 16.1 Å². The Morgan fingerprint density at radius 3 is 2.86 bits per heavy atom. The number of likely N-dealkylation sites (tertiary alicyclic amines) is 1. The minimum absolute atomic E-state index is 0.0345. The third-order valence-electron chi connectivity index (χ3n) is 5.02. The predicted octanol–water partition coefficient (Wildman–Crippen LogP) is 0.692. The molecule has 9 nitrogen and oxygen atoms in total. The number of halogens is 1. The molecule has 1 aliphatic rings. The summed E-state index contributed by atoms with van der Waals surface area (Å²) in [6.07, 6.45) is 2.99. The highest BCUT2D eigenvalue weighted by Crippen LogP contribution is 2.23. The van der Waals surface area contributed by atoms with Gasteiger partial charge in [-0.25, -0.2) is 22.2 Å². The topological polar surface area (TPSA) is 110 Å². The first-order valence-electron chi connectivity index (χ1n) is 9.45. The number of benzene rings is 1. The van der Waals surface area contributed by atoms with Crippen LogP contribution in [0, 0.1) is 18.7 Å². The van der Waals surface area contributed by atoms with Crippen LogP contribution in [0.4, 0.5) is 4.39 Å². The van der Waals surface area contributed by atoms with E-state index >= 15 is 0 Å². The van der Waals surface area contributed by atoms with Gasteiger partial charge in [-0.1, -0.05) is 12.1 Å². The molecule has 1 aromatic carbocycles. The second kappa shape index (κ2) is 8.95. The number of rotatable bonds is 7. The van der Waals surface area contributed by atoms with Crippen molar-refractivity contribution in [2.45, 2.75) is 32.2 Å². The summed E-state index contributed by atoms with van der Waals surface area (Å²) in [7, 11) is -3.28. The average Bonchev–Trinajstić information content (AvgIpc) is 3.09. The monoisotopic (exact) mass is 424 g/mol. The second-order valence-electron chi connectivity index (χ2n) is 7.43. The Hall–Kier alpha value is -2.40. The van der Waals surface area contributed by atoms with Gasteiger partial charge in [0.1, 0.15) is 17.7 Å². The first-order valence-corrected chi connectivity index (χ1v) is 11.3. The number of aryl methyl sites for hydroxylation is 1. The third-order valence-corrected chi connectivity index (χ3v) is 5.71. The molecule has 2 atom stereocenters. The molecule has 2 heterocycles. The van der Waals surface area contributed by atoms with Crippen LogP contribution in [0.1, 0.15) is 30.3 Å². The number of nitrogens with zero attached hydrogens (tertiary/aromatic N) is 5. The van der Waals surface area contributed by atoms with Crippen molar-refractivity contribution < 1.29 is 17.6 Å². The summed E-state index contributed by atoms with van der Waals surface area (Å²) in [5.74, 6) is 0.00000699. The molecular weight excluding hydrogens is 399 g/mol. The molecule has 0 saturated carbocycles. The van der Waals surface area contributed by atoms with Gasteiger partial charge in [0.25, 0.3) is 0 Å². The summed E-state index contributed by atoms with van der Waals surface area (Å²) >= 11 is 0. The Bertz CT molecular complexity index is 964. The number of tetrazole rings is 1. The summed E-state index contributed by atoms with van der Waals surface area (Å²) in [5.41, 5.74) is 0.672. The Morgan fingerprint density at radius 1 is 1.41 bits per heavy atom. The first-order chi connectivity index (χ1) is 13.7. The summed E-state index contributed by atoms with van der Waals surface area (Å²) in [5, 5.41) is 11.5. The Labute approximate surface area is 169 Å². The van der Waals surface area contributed by atoms with Gasteiger partial charge in [-0.2, -0.15) is 0 Å². The molecule has 1 saturated heterocycles. The van der Waals surface area contributed by atoms with Crippen molar-refractivity contribution >= 4 is 15.9 Å². The van der Waals surface area contributed by atoms with Crippen LogP contribution in [-0.4, -0.2) is 65.3 Å². The first kappa shape index (κ1) is 21.3. The zero-order valence-electron chi connectivity index (χ0n) is 16.5. The number of amides is 1. The molecule has 0 unspecified atom stereocenters. The molecule has 1 N–H and O–H groups in total. The van der Waals surface area contributed by atoms with Crippen LogP contribution in [0.3, 0.4) is 0 Å². The summed E-state index contributed by atoms with van der Waals surface area (Å²) in [6, 6.07) is 5.42. The van der Waals surface area contributed by atoms with Crippen molar-refractivity contribution in [3.05, 3.63) is 41.5 Å². The molecule has 0 bridgehead atoms. The minimum Gasteiger partial charge on any atom is -0.341 e. The highest BCUT2D eigenvalue weighted by atomic mass is 32.2. The molecule has 3 rings (SSSR count). The van der Waals surface area contributed by atoms with Crippen LogP contribution in [0.5, 0.6) is 0 Å². The lowest BCUT2D eigenvalue weighted by Crippen LogP contribution is -2.46. The van der Waals surface area contributed by atoms with Crippen LogP contribution < -0.4 is 4.72 Å². The summed E-state index contributed by atoms with van der Waals surface area (Å²) < 4.78 is 40.4. The average molecular weight is 425 g/mol. The minimum atomic E-state index is -3.28. The normalized spacial score (nSPS) is 18.6. The zero-order valence-corrected chi connectivity index (χ0v) is 17.3. The van der Waals surface area contributed by atoms with E-state index in [4.69, 9.17) is 0 Å². The molecule has 0 radical (unpaired) electrons. The van der Waals surface area contributed by atoms with Crippen molar-refractivity contribution in [1.82, 2.24) is 29.8 Å². The van der Waals surface area contributed by atoms with Gasteiger partial charge in [0.15, 0.2) is 0 Å². The van der Waals surface area contributed by atoms with Crippen LogP contribution in [0.25, 0.3) is 0 Å². The smallest absolute Gasteiger partial charge is 0.247 e. The highest BCUT2D eigenvalue weighted by molar-refractivity contribution is 7.88. The number of aromatic nitrogens is 4. The maximum Gasteiger partial charge on any atom is 0.247 e. The molecule has 29 heavy (non-hydrogen) atoms. The fourth-order valence-corrected chi connectivity index (χ4v) is 4.14. The number of hydrogen-bond donors (Lipinski definition) is 1. The Balaban J connectivity index is 1.78. The van der Waals surface area contributed by atoms with Gasteiger partial charge in [-0.05, 0) is 53.8 Å². The lowest BCUT2D eigenvalue weighted by Gasteiger charge is -2.35. The zero-order chi connectivity index (χ0) is 21.0. The summed E-state index contributed by atoms with van der Waals surface area (Å²) in [6.45, 7) is 3.03. The number of sulfonamides is 1. The number of carbonyl (C=O) groups is 1. The van der Waals surface area contributed by atoms with Gasteiger partial charge in [0.05, 0.1) is 6.26 Å². The van der Waals surface area contributed by atoms with Crippen LogP contribution >= 0.6 is 0 Å². The third kappa shape index (κ3) is 5.80. The van der Waals surface area contributed by atoms with Crippen molar-refractivity contribution in [3.63, 3.8) is 0 Å². The van der Waals surface area contributed by atoms with Gasteiger partial charge < -0.3 is 4.90 Å². The molecule has 1 aliphatic heterocycles. The van der Waals surface area contributed by atoms with Crippen molar-refractivity contribution in [2.24, 2.45) is 5.92 Å². The molecule has 2 aromatic rings. The van der Waals surface area contributed by atoms with E-state index in [0.29, 0.717) is 31.0 Å². The van der Waals surface area contributed by atoms with E-state index in [1.54, 1.807) is 24.0 Å². The predicted molar refractivity (Wildman–Crippen MR) is 104 cm³/mol. The van der Waals surface area contributed by atoms with Crippen LogP contribution in [0.15, 0.2) is 24.3 Å². The van der Waals surface area contributed by atoms with Gasteiger partial charge >= 0.3 is 0 Å². The van der Waals surface area contributed by atoms with Gasteiger partial charge in [0, 0.05) is 26.1 Å². The van der Waals surface area contributed by atoms with E-state index in [1.165, 1.54) is 16.8 Å². The molecule has 11 heteroatoms. The fourth-order valence-electron chi connectivity index (χ4n) is 3.60. The van der Waals surface area contributed by atoms with Crippen LogP contribution in [0.2, 0.25) is 0 Å². The highest BCUT2D eigenvalue weighted by Gasteiger charge is 2.32. The van der Waals surface area contributed by atoms with Crippen molar-refractivity contribution in [3.8, 4) is 0 Å². The lowest BCUT2D eigenvalue weighted by atomic mass is 9.96. The SMILES string of the molecule is Cc1nnnn1[C@@H](Cc1cccc(F)c1)C(=O)N1CCC[C@H](CNS(C)(=O)=O)C1. The van der Waals surface area contributed by atoms with Crippen LogP contribution in [-0.2, 0) is 21.2 Å². The van der Waals surface area contributed by atoms with E-state index in [1.807, 2.05) is 0 Å². The second-order valence-corrected chi connectivity index (χ2v) is 9.27. The maximum atomic E-state index is 13.6. The molecular formula is C18H25FN6O3S. The molecule has 158 valence electrons. The van der Waals surface area contributed by atoms with E-state index in [0.717, 1.165) is 19.1 Å². The Kier molecular flexibility index (Phi) is 6.58. The number of hydrogen-bond acceptors (Lipinski definition) is 6. The number of carbonyl (C=O) groups excluding carboxylic acids is 1. The van der Waals surface area contributed by atoms with Gasteiger partial charge in [0.2, 0.25) is 15.9 Å². The lowest BCUT2D eigenvalue weighted by molar-refractivity contribution is -0.137. The standard InChI is InChI=1S/C18H25FN6O3S/c1-13-21-22-23-25(13)17(10-14-5-3-7-16(19)9-14)18(26)24-8-4-6-15(12-24)11-20-29(2,27)28/h3,5,7,9,15,17,20H,4,6,8,10-12H2,1-2H3/t15-,17+/m1/s1. The maximum absolute atomic E-state index is 13.6. The van der Waals surface area contributed by atoms with Gasteiger partial charge in [-0.15, -0.1) is 5.10 Å². The molecule has 1 amide bonds. The van der Waals surface area contributed by atoms with Crippen molar-refractivity contribution in [1.29, 1.82) is 0 Å². The largest absolute Gasteiger partial charge is 0.341 e. The number of nitrogens with one attached hydrogen (secondary N) is 1. The number of piperidine rings is 1.